The van der Waals surface area contributed by atoms with Gasteiger partial charge in [0.05, 0.1) is 0 Å². The summed E-state index contributed by atoms with van der Waals surface area (Å²) in [6.45, 7) is 8.60. The first-order chi connectivity index (χ1) is 8.36. The van der Waals surface area contributed by atoms with Crippen LogP contribution in [0.2, 0.25) is 0 Å². The van der Waals surface area contributed by atoms with Crippen molar-refractivity contribution in [3.05, 3.63) is 35.4 Å². The lowest BCUT2D eigenvalue weighted by Gasteiger charge is -2.06. The highest BCUT2D eigenvalue weighted by atomic mass is 14.9. The molecule has 0 bridgehead atoms. The van der Waals surface area contributed by atoms with E-state index >= 15 is 0 Å². The van der Waals surface area contributed by atoms with Crippen LogP contribution in [0.4, 0.5) is 0 Å². The summed E-state index contributed by atoms with van der Waals surface area (Å²) in [6.07, 6.45) is 3.55. The van der Waals surface area contributed by atoms with E-state index < -0.39 is 0 Å². The third-order valence-corrected chi connectivity index (χ3v) is 2.88. The molecule has 0 atom stereocenters. The standard InChI is InChI=1S/C15H26N2/c1-3-5-14-6-8-15(9-7-14)10-11-17-13-12-16-4-2/h6-9,16-17H,3-5,10-13H2,1-2H3. The van der Waals surface area contributed by atoms with Gasteiger partial charge in [-0.25, -0.2) is 0 Å². The molecule has 0 fully saturated rings. The van der Waals surface area contributed by atoms with Crippen LogP contribution in [-0.2, 0) is 12.8 Å². The molecule has 0 amide bonds. The highest BCUT2D eigenvalue weighted by Crippen LogP contribution is 2.06. The van der Waals surface area contributed by atoms with Gasteiger partial charge in [-0.3, -0.25) is 0 Å². The van der Waals surface area contributed by atoms with E-state index in [0.717, 1.165) is 32.6 Å². The zero-order valence-corrected chi connectivity index (χ0v) is 11.3. The molecule has 2 N–H and O–H groups in total. The summed E-state index contributed by atoms with van der Waals surface area (Å²) in [5.41, 5.74) is 2.89. The number of nitrogens with one attached hydrogen (secondary N) is 2. The minimum Gasteiger partial charge on any atom is -0.316 e. The third kappa shape index (κ3) is 6.44. The Morgan fingerprint density at radius 1 is 0.765 bits per heavy atom. The van der Waals surface area contributed by atoms with Crippen LogP contribution in [0.5, 0.6) is 0 Å². The smallest absolute Gasteiger partial charge is 0.00768 e. The topological polar surface area (TPSA) is 24.1 Å². The van der Waals surface area contributed by atoms with E-state index in [9.17, 15) is 0 Å². The number of hydrogen-bond acceptors (Lipinski definition) is 2. The molecule has 17 heavy (non-hydrogen) atoms. The van der Waals surface area contributed by atoms with Crippen molar-refractivity contribution in [2.45, 2.75) is 33.1 Å². The molecule has 0 saturated carbocycles. The number of benzene rings is 1. The molecule has 1 aromatic carbocycles. The van der Waals surface area contributed by atoms with E-state index in [-0.39, 0.29) is 0 Å². The van der Waals surface area contributed by atoms with E-state index in [1.165, 1.54) is 24.0 Å². The average molecular weight is 234 g/mol. The fraction of sp³-hybridized carbons (Fsp3) is 0.600. The molecule has 0 saturated heterocycles. The Balaban J connectivity index is 2.14. The Morgan fingerprint density at radius 2 is 1.35 bits per heavy atom. The Labute approximate surface area is 106 Å². The molecule has 0 heterocycles. The Kier molecular flexibility index (Phi) is 7.69. The summed E-state index contributed by atoms with van der Waals surface area (Å²) in [4.78, 5) is 0. The molecule has 2 heteroatoms. The van der Waals surface area contributed by atoms with Crippen LogP contribution in [-0.4, -0.2) is 26.2 Å². The van der Waals surface area contributed by atoms with Gasteiger partial charge in [-0.2, -0.15) is 0 Å². The average Bonchev–Trinajstić information content (AvgIpc) is 2.36. The second kappa shape index (κ2) is 9.20. The van der Waals surface area contributed by atoms with Gasteiger partial charge in [0.15, 0.2) is 0 Å². The lowest BCUT2D eigenvalue weighted by Crippen LogP contribution is -2.28. The molecule has 0 aliphatic heterocycles. The van der Waals surface area contributed by atoms with Crippen molar-refractivity contribution in [3.8, 4) is 0 Å². The maximum atomic E-state index is 3.45. The van der Waals surface area contributed by atoms with Crippen LogP contribution in [0.25, 0.3) is 0 Å². The molecule has 0 aliphatic rings. The third-order valence-electron chi connectivity index (χ3n) is 2.88. The monoisotopic (exact) mass is 234 g/mol. The molecule has 96 valence electrons. The summed E-state index contributed by atoms with van der Waals surface area (Å²) in [7, 11) is 0. The van der Waals surface area contributed by atoms with Crippen LogP contribution in [0.15, 0.2) is 24.3 Å². The summed E-state index contributed by atoms with van der Waals surface area (Å²) >= 11 is 0. The first-order valence-corrected chi connectivity index (χ1v) is 6.86. The minimum absolute atomic E-state index is 1.06. The Bertz CT molecular complexity index is 279. The summed E-state index contributed by atoms with van der Waals surface area (Å²) in [5.74, 6) is 0. The summed E-state index contributed by atoms with van der Waals surface area (Å²) in [5, 5.41) is 6.75. The van der Waals surface area contributed by atoms with Crippen molar-refractivity contribution < 1.29 is 0 Å². The molecular formula is C15H26N2. The van der Waals surface area contributed by atoms with Crippen LogP contribution in [0.3, 0.4) is 0 Å². The van der Waals surface area contributed by atoms with Crippen molar-refractivity contribution in [2.75, 3.05) is 26.2 Å². The van der Waals surface area contributed by atoms with E-state index in [2.05, 4.69) is 48.7 Å². The van der Waals surface area contributed by atoms with Gasteiger partial charge in [-0.15, -0.1) is 0 Å². The SMILES string of the molecule is CCCc1ccc(CCNCCNCC)cc1. The van der Waals surface area contributed by atoms with Gasteiger partial charge in [0.1, 0.15) is 0 Å². The summed E-state index contributed by atoms with van der Waals surface area (Å²) in [6, 6.07) is 9.04. The predicted octanol–water partition coefficient (Wildman–Crippen LogP) is 2.38. The minimum atomic E-state index is 1.06. The van der Waals surface area contributed by atoms with Crippen molar-refractivity contribution in [1.29, 1.82) is 0 Å². The molecular weight excluding hydrogens is 208 g/mol. The quantitative estimate of drug-likeness (QED) is 0.641. The molecule has 1 aromatic rings. The number of aryl methyl sites for hydroxylation is 1. The largest absolute Gasteiger partial charge is 0.316 e. The number of hydrogen-bond donors (Lipinski definition) is 2. The molecule has 0 aromatic heterocycles. The van der Waals surface area contributed by atoms with E-state index in [0.29, 0.717) is 0 Å². The van der Waals surface area contributed by atoms with Crippen LogP contribution < -0.4 is 10.6 Å². The summed E-state index contributed by atoms with van der Waals surface area (Å²) < 4.78 is 0. The highest BCUT2D eigenvalue weighted by molar-refractivity contribution is 5.22. The molecule has 0 spiro atoms. The molecule has 0 radical (unpaired) electrons. The van der Waals surface area contributed by atoms with Gasteiger partial charge >= 0.3 is 0 Å². The fourth-order valence-corrected chi connectivity index (χ4v) is 1.87. The normalized spacial score (nSPS) is 10.7. The maximum absolute atomic E-state index is 3.45. The van der Waals surface area contributed by atoms with Gasteiger partial charge in [-0.1, -0.05) is 44.5 Å². The van der Waals surface area contributed by atoms with Gasteiger partial charge < -0.3 is 10.6 Å². The van der Waals surface area contributed by atoms with Gasteiger partial charge in [-0.05, 0) is 37.1 Å². The number of rotatable bonds is 9. The van der Waals surface area contributed by atoms with Crippen molar-refractivity contribution in [1.82, 2.24) is 10.6 Å². The van der Waals surface area contributed by atoms with Gasteiger partial charge in [0.2, 0.25) is 0 Å². The highest BCUT2D eigenvalue weighted by Gasteiger charge is 1.94. The number of likely N-dealkylation sites (N-methyl/N-ethyl adjacent to an activating group) is 1. The van der Waals surface area contributed by atoms with E-state index in [1.54, 1.807) is 0 Å². The van der Waals surface area contributed by atoms with Gasteiger partial charge in [0, 0.05) is 13.1 Å². The lowest BCUT2D eigenvalue weighted by atomic mass is 10.1. The molecule has 0 aliphatic carbocycles. The van der Waals surface area contributed by atoms with Gasteiger partial charge in [0.25, 0.3) is 0 Å². The van der Waals surface area contributed by atoms with Crippen LogP contribution in [0, 0.1) is 0 Å². The van der Waals surface area contributed by atoms with Crippen molar-refractivity contribution in [3.63, 3.8) is 0 Å². The zero-order valence-electron chi connectivity index (χ0n) is 11.3. The predicted molar refractivity (Wildman–Crippen MR) is 75.6 cm³/mol. The second-order valence-electron chi connectivity index (χ2n) is 4.42. The molecule has 0 unspecified atom stereocenters. The Morgan fingerprint density at radius 3 is 1.94 bits per heavy atom. The maximum Gasteiger partial charge on any atom is 0.00768 e. The van der Waals surface area contributed by atoms with E-state index in [4.69, 9.17) is 0 Å². The first kappa shape index (κ1) is 14.2. The van der Waals surface area contributed by atoms with Crippen LogP contribution >= 0.6 is 0 Å². The lowest BCUT2D eigenvalue weighted by molar-refractivity contribution is 0.624. The van der Waals surface area contributed by atoms with E-state index in [1.807, 2.05) is 0 Å². The van der Waals surface area contributed by atoms with Crippen molar-refractivity contribution >= 4 is 0 Å². The Hall–Kier alpha value is -0.860. The molecule has 1 rings (SSSR count). The zero-order chi connectivity index (χ0) is 12.3. The van der Waals surface area contributed by atoms with Crippen LogP contribution in [0.1, 0.15) is 31.4 Å². The first-order valence-electron chi connectivity index (χ1n) is 6.86. The molecule has 2 nitrogen and oxygen atoms in total. The van der Waals surface area contributed by atoms with Crippen molar-refractivity contribution in [2.24, 2.45) is 0 Å². The fourth-order valence-electron chi connectivity index (χ4n) is 1.87. The second-order valence-corrected chi connectivity index (χ2v) is 4.42.